The molecule has 0 amide bonds. The van der Waals surface area contributed by atoms with Gasteiger partial charge in [0.05, 0.1) is 18.8 Å². The van der Waals surface area contributed by atoms with Gasteiger partial charge in [-0.15, -0.1) is 0 Å². The maximum absolute atomic E-state index is 5.10. The van der Waals surface area contributed by atoms with Crippen molar-refractivity contribution < 1.29 is 4.74 Å². The van der Waals surface area contributed by atoms with E-state index in [0.717, 1.165) is 6.54 Å². The Kier molecular flexibility index (Phi) is 2.65. The van der Waals surface area contributed by atoms with Crippen molar-refractivity contribution in [3.8, 4) is 0 Å². The summed E-state index contributed by atoms with van der Waals surface area (Å²) in [6.45, 7) is 4.88. The third-order valence-electron chi connectivity index (χ3n) is 1.61. The van der Waals surface area contributed by atoms with E-state index in [-0.39, 0.29) is 6.10 Å². The quantitative estimate of drug-likeness (QED) is 0.654. The van der Waals surface area contributed by atoms with Gasteiger partial charge in [0, 0.05) is 13.3 Å². The molecule has 0 saturated heterocycles. The fourth-order valence-electron chi connectivity index (χ4n) is 0.905. The van der Waals surface area contributed by atoms with Crippen molar-refractivity contribution in [3.63, 3.8) is 0 Å². The van der Waals surface area contributed by atoms with Crippen LogP contribution in [0.3, 0.4) is 0 Å². The minimum atomic E-state index is 0.231. The number of methoxy groups -OCH3 is 1. The smallest absolute Gasteiger partial charge is 0.0739 e. The summed E-state index contributed by atoms with van der Waals surface area (Å²) >= 11 is 0. The molecule has 1 heterocycles. The number of hydrogen-bond acceptors (Lipinski definition) is 2. The van der Waals surface area contributed by atoms with Crippen LogP contribution in [0.5, 0.6) is 0 Å². The first-order valence-corrected chi connectivity index (χ1v) is 3.74. The first-order chi connectivity index (χ1) is 5.22. The molecule has 0 saturated carbocycles. The van der Waals surface area contributed by atoms with Crippen LogP contribution in [0.25, 0.3) is 0 Å². The second kappa shape index (κ2) is 3.53. The lowest BCUT2D eigenvalue weighted by atomic mass is 10.4. The molecule has 0 N–H and O–H groups in total. The monoisotopic (exact) mass is 154 g/mol. The summed E-state index contributed by atoms with van der Waals surface area (Å²) in [5, 5.41) is 4.14. The van der Waals surface area contributed by atoms with Crippen molar-refractivity contribution in [2.24, 2.45) is 0 Å². The van der Waals surface area contributed by atoms with E-state index in [1.165, 1.54) is 5.56 Å². The Morgan fingerprint density at radius 1 is 1.73 bits per heavy atom. The molecule has 0 aromatic carbocycles. The Labute approximate surface area is 67.0 Å². The topological polar surface area (TPSA) is 27.1 Å². The van der Waals surface area contributed by atoms with E-state index < -0.39 is 0 Å². The van der Waals surface area contributed by atoms with Crippen LogP contribution in [0.4, 0.5) is 0 Å². The fourth-order valence-corrected chi connectivity index (χ4v) is 0.905. The van der Waals surface area contributed by atoms with E-state index in [9.17, 15) is 0 Å². The van der Waals surface area contributed by atoms with Crippen molar-refractivity contribution in [2.75, 3.05) is 7.11 Å². The summed E-state index contributed by atoms with van der Waals surface area (Å²) < 4.78 is 6.99. The molecule has 0 bridgehead atoms. The maximum atomic E-state index is 5.10. The number of aromatic nitrogens is 2. The third-order valence-corrected chi connectivity index (χ3v) is 1.61. The Morgan fingerprint density at radius 3 is 2.91 bits per heavy atom. The van der Waals surface area contributed by atoms with Crippen LogP contribution < -0.4 is 0 Å². The van der Waals surface area contributed by atoms with E-state index in [4.69, 9.17) is 4.74 Å². The molecule has 3 heteroatoms. The number of rotatable bonds is 3. The Morgan fingerprint density at radius 2 is 2.45 bits per heavy atom. The normalized spacial score (nSPS) is 13.4. The number of hydrogen-bond donors (Lipinski definition) is 0. The van der Waals surface area contributed by atoms with Gasteiger partial charge in [0.25, 0.3) is 0 Å². The van der Waals surface area contributed by atoms with Gasteiger partial charge in [0.1, 0.15) is 0 Å². The average Bonchev–Trinajstić information content (AvgIpc) is 2.35. The molecular weight excluding hydrogens is 140 g/mol. The van der Waals surface area contributed by atoms with Crippen molar-refractivity contribution in [1.29, 1.82) is 0 Å². The highest BCUT2D eigenvalue weighted by atomic mass is 16.5. The molecule has 1 rings (SSSR count). The van der Waals surface area contributed by atoms with Crippen molar-refractivity contribution >= 4 is 0 Å². The molecule has 0 radical (unpaired) electrons. The molecule has 11 heavy (non-hydrogen) atoms. The van der Waals surface area contributed by atoms with Gasteiger partial charge in [-0.3, -0.25) is 4.68 Å². The van der Waals surface area contributed by atoms with E-state index in [1.54, 1.807) is 7.11 Å². The molecule has 0 fully saturated rings. The van der Waals surface area contributed by atoms with Crippen LogP contribution >= 0.6 is 0 Å². The molecule has 0 aliphatic carbocycles. The van der Waals surface area contributed by atoms with Crippen LogP contribution in [-0.2, 0) is 11.3 Å². The molecule has 0 aliphatic heterocycles. The van der Waals surface area contributed by atoms with Gasteiger partial charge < -0.3 is 4.74 Å². The largest absolute Gasteiger partial charge is 0.380 e. The van der Waals surface area contributed by atoms with E-state index >= 15 is 0 Å². The van der Waals surface area contributed by atoms with Gasteiger partial charge >= 0.3 is 0 Å². The SMILES string of the molecule is COC(C)Cn1cc(C)cn1. The summed E-state index contributed by atoms with van der Waals surface area (Å²) in [6, 6.07) is 0. The zero-order valence-corrected chi connectivity index (χ0v) is 7.24. The number of nitrogens with zero attached hydrogens (tertiary/aromatic N) is 2. The van der Waals surface area contributed by atoms with Gasteiger partial charge in [0.15, 0.2) is 0 Å². The van der Waals surface area contributed by atoms with Crippen LogP contribution in [0.1, 0.15) is 12.5 Å². The zero-order valence-electron chi connectivity index (χ0n) is 7.24. The first kappa shape index (κ1) is 8.27. The predicted molar refractivity (Wildman–Crippen MR) is 43.4 cm³/mol. The van der Waals surface area contributed by atoms with E-state index in [1.807, 2.05) is 30.9 Å². The summed E-state index contributed by atoms with van der Waals surface area (Å²) in [7, 11) is 1.71. The standard InChI is InChI=1S/C8H14N2O/c1-7-4-9-10(5-7)6-8(2)11-3/h4-5,8H,6H2,1-3H3. The Bertz CT molecular complexity index is 220. The van der Waals surface area contributed by atoms with Gasteiger partial charge in [-0.1, -0.05) is 0 Å². The van der Waals surface area contributed by atoms with Crippen LogP contribution in [0.2, 0.25) is 0 Å². The fraction of sp³-hybridized carbons (Fsp3) is 0.625. The lowest BCUT2D eigenvalue weighted by Crippen LogP contribution is -2.14. The molecular formula is C8H14N2O. The van der Waals surface area contributed by atoms with E-state index in [2.05, 4.69) is 5.10 Å². The van der Waals surface area contributed by atoms with Crippen LogP contribution in [-0.4, -0.2) is 23.0 Å². The summed E-state index contributed by atoms with van der Waals surface area (Å²) in [5.74, 6) is 0. The van der Waals surface area contributed by atoms with Gasteiger partial charge in [-0.2, -0.15) is 5.10 Å². The lowest BCUT2D eigenvalue weighted by molar-refractivity contribution is 0.0998. The van der Waals surface area contributed by atoms with Gasteiger partial charge in [-0.25, -0.2) is 0 Å². The Balaban J connectivity index is 2.50. The maximum Gasteiger partial charge on any atom is 0.0739 e. The zero-order chi connectivity index (χ0) is 8.27. The third kappa shape index (κ3) is 2.35. The molecule has 1 aromatic heterocycles. The second-order valence-corrected chi connectivity index (χ2v) is 2.79. The molecule has 1 aromatic rings. The van der Waals surface area contributed by atoms with Gasteiger partial charge in [-0.05, 0) is 19.4 Å². The summed E-state index contributed by atoms with van der Waals surface area (Å²) in [4.78, 5) is 0. The molecule has 0 aliphatic rings. The molecule has 1 atom stereocenters. The Hall–Kier alpha value is -0.830. The molecule has 62 valence electrons. The van der Waals surface area contributed by atoms with Crippen LogP contribution in [0.15, 0.2) is 12.4 Å². The van der Waals surface area contributed by atoms with Crippen molar-refractivity contribution in [2.45, 2.75) is 26.5 Å². The van der Waals surface area contributed by atoms with Crippen molar-refractivity contribution in [3.05, 3.63) is 18.0 Å². The second-order valence-electron chi connectivity index (χ2n) is 2.79. The van der Waals surface area contributed by atoms with Crippen molar-refractivity contribution in [1.82, 2.24) is 9.78 Å². The average molecular weight is 154 g/mol. The summed E-state index contributed by atoms with van der Waals surface area (Å²) in [5.41, 5.74) is 1.19. The number of aryl methyl sites for hydroxylation is 1. The van der Waals surface area contributed by atoms with Gasteiger partial charge in [0.2, 0.25) is 0 Å². The minimum absolute atomic E-state index is 0.231. The highest BCUT2D eigenvalue weighted by molar-refractivity contribution is 4.99. The van der Waals surface area contributed by atoms with E-state index in [0.29, 0.717) is 0 Å². The minimum Gasteiger partial charge on any atom is -0.380 e. The highest BCUT2D eigenvalue weighted by Gasteiger charge is 2.00. The molecule has 3 nitrogen and oxygen atoms in total. The highest BCUT2D eigenvalue weighted by Crippen LogP contribution is 1.97. The van der Waals surface area contributed by atoms with Crippen LogP contribution in [0, 0.1) is 6.92 Å². The first-order valence-electron chi connectivity index (χ1n) is 3.74. The molecule has 0 spiro atoms. The predicted octanol–water partition coefficient (Wildman–Crippen LogP) is 1.23. The summed E-state index contributed by atoms with van der Waals surface area (Å²) in [6.07, 6.45) is 4.09. The lowest BCUT2D eigenvalue weighted by Gasteiger charge is -2.08. The number of ether oxygens (including phenoxy) is 1. The molecule has 1 unspecified atom stereocenters.